The predicted molar refractivity (Wildman–Crippen MR) is 75.8 cm³/mol. The average molecular weight is 274 g/mol. The van der Waals surface area contributed by atoms with E-state index in [2.05, 4.69) is 6.92 Å². The first-order valence-corrected chi connectivity index (χ1v) is 8.33. The minimum atomic E-state index is -0.503. The van der Waals surface area contributed by atoms with Crippen LogP contribution in [0.2, 0.25) is 0 Å². The van der Waals surface area contributed by atoms with Crippen LogP contribution in [0.5, 0.6) is 0 Å². The summed E-state index contributed by atoms with van der Waals surface area (Å²) in [5, 5.41) is 9.56. The molecule has 0 saturated carbocycles. The van der Waals surface area contributed by atoms with Crippen molar-refractivity contribution in [2.75, 3.05) is 18.1 Å². The van der Waals surface area contributed by atoms with Gasteiger partial charge in [-0.15, -0.1) is 0 Å². The number of unbranched alkanes of at least 4 members (excludes halogenated alkanes) is 6. The largest absolute Gasteiger partial charge is 0.465 e. The quantitative estimate of drug-likeness (QED) is 0.518. The lowest BCUT2D eigenvalue weighted by atomic mass is 10.1. The molecule has 0 spiro atoms. The van der Waals surface area contributed by atoms with Gasteiger partial charge in [0.25, 0.3) is 0 Å². The third kappa shape index (κ3) is 6.10. The van der Waals surface area contributed by atoms with E-state index in [1.54, 1.807) is 11.8 Å². The Bertz CT molecular complexity index is 233. The predicted octanol–water partition coefficient (Wildman–Crippen LogP) is 3.00. The molecule has 1 N–H and O–H groups in total. The number of carbonyl (C=O) groups excluding carboxylic acids is 1. The Balaban J connectivity index is 1.92. The second-order valence-corrected chi connectivity index (χ2v) is 6.08. The van der Waals surface area contributed by atoms with Crippen LogP contribution in [0.15, 0.2) is 0 Å². The standard InChI is InChI=1S/C14H26O3S/c1-2-3-4-5-6-7-8-9-17-14(16)12-10-18-11-13(12)15/h12-13,15H,2-11H2,1H3. The number of rotatable bonds is 9. The molecule has 1 saturated heterocycles. The van der Waals surface area contributed by atoms with Gasteiger partial charge in [0.05, 0.1) is 18.6 Å². The van der Waals surface area contributed by atoms with Crippen molar-refractivity contribution in [1.29, 1.82) is 0 Å². The Morgan fingerprint density at radius 1 is 1.17 bits per heavy atom. The lowest BCUT2D eigenvalue weighted by molar-refractivity contribution is -0.150. The Hall–Kier alpha value is -0.220. The summed E-state index contributed by atoms with van der Waals surface area (Å²) in [5.41, 5.74) is 0. The van der Waals surface area contributed by atoms with Crippen LogP contribution in [-0.2, 0) is 9.53 Å². The van der Waals surface area contributed by atoms with Crippen LogP contribution < -0.4 is 0 Å². The molecular formula is C14H26O3S. The molecule has 0 bridgehead atoms. The van der Waals surface area contributed by atoms with Gasteiger partial charge in [-0.25, -0.2) is 0 Å². The van der Waals surface area contributed by atoms with E-state index in [-0.39, 0.29) is 11.9 Å². The molecule has 0 aromatic heterocycles. The summed E-state index contributed by atoms with van der Waals surface area (Å²) in [4.78, 5) is 11.6. The van der Waals surface area contributed by atoms with Gasteiger partial charge in [-0.1, -0.05) is 45.4 Å². The molecule has 2 unspecified atom stereocenters. The number of ether oxygens (including phenoxy) is 1. The fourth-order valence-corrected chi connectivity index (χ4v) is 3.33. The Labute approximate surface area is 115 Å². The van der Waals surface area contributed by atoms with Gasteiger partial charge in [0.1, 0.15) is 0 Å². The van der Waals surface area contributed by atoms with Crippen molar-refractivity contribution in [1.82, 2.24) is 0 Å². The van der Waals surface area contributed by atoms with Gasteiger partial charge >= 0.3 is 5.97 Å². The molecule has 0 aliphatic carbocycles. The molecule has 4 heteroatoms. The molecule has 1 heterocycles. The highest BCUT2D eigenvalue weighted by atomic mass is 32.2. The van der Waals surface area contributed by atoms with Crippen LogP contribution in [0.25, 0.3) is 0 Å². The summed E-state index contributed by atoms with van der Waals surface area (Å²) in [6.45, 7) is 2.73. The van der Waals surface area contributed by atoms with Crippen molar-refractivity contribution in [2.45, 2.75) is 58.0 Å². The number of aliphatic hydroxyl groups excluding tert-OH is 1. The topological polar surface area (TPSA) is 46.5 Å². The third-order valence-electron chi connectivity index (χ3n) is 3.35. The van der Waals surface area contributed by atoms with E-state index in [4.69, 9.17) is 4.74 Å². The van der Waals surface area contributed by atoms with Gasteiger partial charge in [-0.2, -0.15) is 11.8 Å². The molecule has 1 fully saturated rings. The second-order valence-electron chi connectivity index (χ2n) is 5.00. The number of thioether (sulfide) groups is 1. The maximum Gasteiger partial charge on any atom is 0.312 e. The first kappa shape index (κ1) is 15.8. The molecule has 0 radical (unpaired) electrons. The van der Waals surface area contributed by atoms with Gasteiger partial charge in [0, 0.05) is 11.5 Å². The molecule has 0 aromatic carbocycles. The molecule has 1 aliphatic heterocycles. The highest BCUT2D eigenvalue weighted by molar-refractivity contribution is 7.99. The normalized spacial score (nSPS) is 23.2. The summed E-state index contributed by atoms with van der Waals surface area (Å²) in [5.74, 6) is 0.867. The number of esters is 1. The average Bonchev–Trinajstić information content (AvgIpc) is 2.79. The monoisotopic (exact) mass is 274 g/mol. The third-order valence-corrected chi connectivity index (χ3v) is 4.52. The molecule has 1 rings (SSSR count). The highest BCUT2D eigenvalue weighted by Crippen LogP contribution is 2.25. The molecule has 3 nitrogen and oxygen atoms in total. The first-order chi connectivity index (χ1) is 8.75. The fraction of sp³-hybridized carbons (Fsp3) is 0.929. The van der Waals surface area contributed by atoms with Crippen LogP contribution >= 0.6 is 11.8 Å². The van der Waals surface area contributed by atoms with Crippen LogP contribution in [-0.4, -0.2) is 35.3 Å². The Morgan fingerprint density at radius 3 is 2.44 bits per heavy atom. The van der Waals surface area contributed by atoms with Crippen molar-refractivity contribution < 1.29 is 14.6 Å². The van der Waals surface area contributed by atoms with Crippen molar-refractivity contribution in [2.24, 2.45) is 5.92 Å². The van der Waals surface area contributed by atoms with Crippen LogP contribution in [0, 0.1) is 5.92 Å². The molecule has 18 heavy (non-hydrogen) atoms. The Morgan fingerprint density at radius 2 is 1.83 bits per heavy atom. The van der Waals surface area contributed by atoms with Gasteiger partial charge < -0.3 is 9.84 Å². The van der Waals surface area contributed by atoms with Crippen molar-refractivity contribution in [3.63, 3.8) is 0 Å². The van der Waals surface area contributed by atoms with Gasteiger partial charge in [-0.05, 0) is 6.42 Å². The first-order valence-electron chi connectivity index (χ1n) is 7.18. The lowest BCUT2D eigenvalue weighted by Gasteiger charge is -2.12. The maximum absolute atomic E-state index is 11.6. The molecule has 106 valence electrons. The van der Waals surface area contributed by atoms with Crippen molar-refractivity contribution >= 4 is 17.7 Å². The fourth-order valence-electron chi connectivity index (χ4n) is 2.11. The molecule has 1 aliphatic rings. The summed E-state index contributed by atoms with van der Waals surface area (Å²) in [7, 11) is 0. The van der Waals surface area contributed by atoms with E-state index in [0.717, 1.165) is 12.8 Å². The number of hydrogen-bond acceptors (Lipinski definition) is 4. The van der Waals surface area contributed by atoms with E-state index in [0.29, 0.717) is 18.1 Å². The summed E-state index contributed by atoms with van der Waals surface area (Å²) in [6.07, 6.45) is 8.04. The van der Waals surface area contributed by atoms with E-state index in [9.17, 15) is 9.90 Å². The molecule has 0 amide bonds. The molecular weight excluding hydrogens is 248 g/mol. The number of aliphatic hydroxyl groups is 1. The summed E-state index contributed by atoms with van der Waals surface area (Å²) in [6, 6.07) is 0. The zero-order valence-corrected chi connectivity index (χ0v) is 12.2. The van der Waals surface area contributed by atoms with Crippen molar-refractivity contribution in [3.8, 4) is 0 Å². The minimum absolute atomic E-state index is 0.210. The van der Waals surface area contributed by atoms with Crippen LogP contribution in [0.3, 0.4) is 0 Å². The van der Waals surface area contributed by atoms with Gasteiger partial charge in [-0.3, -0.25) is 4.79 Å². The Kier molecular flexibility index (Phi) is 8.51. The summed E-state index contributed by atoms with van der Waals surface area (Å²) < 4.78 is 5.21. The maximum atomic E-state index is 11.6. The molecule has 0 aromatic rings. The zero-order valence-electron chi connectivity index (χ0n) is 11.4. The van der Waals surface area contributed by atoms with E-state index in [1.807, 2.05) is 0 Å². The highest BCUT2D eigenvalue weighted by Gasteiger charge is 2.33. The number of hydrogen-bond donors (Lipinski definition) is 1. The lowest BCUT2D eigenvalue weighted by Crippen LogP contribution is -2.28. The zero-order chi connectivity index (χ0) is 13.2. The van der Waals surface area contributed by atoms with Gasteiger partial charge in [0.15, 0.2) is 0 Å². The van der Waals surface area contributed by atoms with Crippen molar-refractivity contribution in [3.05, 3.63) is 0 Å². The number of carbonyl (C=O) groups is 1. The smallest absolute Gasteiger partial charge is 0.312 e. The van der Waals surface area contributed by atoms with E-state index < -0.39 is 6.10 Å². The van der Waals surface area contributed by atoms with E-state index in [1.165, 1.54) is 32.1 Å². The van der Waals surface area contributed by atoms with Crippen LogP contribution in [0.4, 0.5) is 0 Å². The minimum Gasteiger partial charge on any atom is -0.465 e. The van der Waals surface area contributed by atoms with E-state index >= 15 is 0 Å². The molecule has 2 atom stereocenters. The van der Waals surface area contributed by atoms with Gasteiger partial charge in [0.2, 0.25) is 0 Å². The second kappa shape index (κ2) is 9.68. The van der Waals surface area contributed by atoms with Crippen LogP contribution in [0.1, 0.15) is 51.9 Å². The summed E-state index contributed by atoms with van der Waals surface area (Å²) >= 11 is 1.62. The SMILES string of the molecule is CCCCCCCCCOC(=O)C1CSCC1O.